The summed E-state index contributed by atoms with van der Waals surface area (Å²) in [5, 5.41) is 8.72. The Morgan fingerprint density at radius 3 is 2.53 bits per heavy atom. The summed E-state index contributed by atoms with van der Waals surface area (Å²) in [5.74, 6) is -0.332. The van der Waals surface area contributed by atoms with Crippen molar-refractivity contribution < 1.29 is 29.0 Å². The Bertz CT molecular complexity index is 988. The van der Waals surface area contributed by atoms with E-state index in [1.807, 2.05) is 43.9 Å². The SMILES string of the molecule is CC(C)(C)OC(=O)N1C=CC(/C=C/C(=O)N2CCCC(c3ccc(OCC(=O)O)cc3)C2)=CC1. The minimum absolute atomic E-state index is 0.0463. The summed E-state index contributed by atoms with van der Waals surface area (Å²) in [5.41, 5.74) is 1.41. The Morgan fingerprint density at radius 2 is 1.91 bits per heavy atom. The van der Waals surface area contributed by atoms with Crippen molar-refractivity contribution in [2.24, 2.45) is 0 Å². The molecular weight excluding hydrogens is 436 g/mol. The molecule has 182 valence electrons. The number of carbonyl (C=O) groups is 3. The molecule has 1 N–H and O–H groups in total. The lowest BCUT2D eigenvalue weighted by Gasteiger charge is -2.32. The van der Waals surface area contributed by atoms with E-state index in [-0.39, 0.29) is 18.4 Å². The highest BCUT2D eigenvalue weighted by Crippen LogP contribution is 2.28. The number of piperidine rings is 1. The maximum absolute atomic E-state index is 12.8. The average molecular weight is 469 g/mol. The molecule has 8 nitrogen and oxygen atoms in total. The molecule has 2 aliphatic heterocycles. The molecule has 3 rings (SSSR count). The third kappa shape index (κ3) is 7.50. The number of nitrogens with zero attached hydrogens (tertiary/aromatic N) is 2. The van der Waals surface area contributed by atoms with Gasteiger partial charge in [0.2, 0.25) is 5.91 Å². The van der Waals surface area contributed by atoms with E-state index >= 15 is 0 Å². The minimum Gasteiger partial charge on any atom is -0.482 e. The van der Waals surface area contributed by atoms with Gasteiger partial charge in [0, 0.05) is 37.8 Å². The smallest absolute Gasteiger partial charge is 0.414 e. The third-order valence-electron chi connectivity index (χ3n) is 5.46. The number of carbonyl (C=O) groups excluding carboxylic acids is 2. The van der Waals surface area contributed by atoms with Gasteiger partial charge in [-0.1, -0.05) is 18.2 Å². The predicted molar refractivity (Wildman–Crippen MR) is 127 cm³/mol. The quantitative estimate of drug-likeness (QED) is 0.632. The Kier molecular flexibility index (Phi) is 8.15. The van der Waals surface area contributed by atoms with Crippen LogP contribution in [0.1, 0.15) is 45.1 Å². The predicted octanol–water partition coefficient (Wildman–Crippen LogP) is 4.10. The van der Waals surface area contributed by atoms with Gasteiger partial charge < -0.3 is 19.5 Å². The molecular formula is C26H32N2O6. The van der Waals surface area contributed by atoms with Crippen LogP contribution in [0.15, 0.2) is 60.3 Å². The van der Waals surface area contributed by atoms with Gasteiger partial charge in [-0.3, -0.25) is 9.69 Å². The van der Waals surface area contributed by atoms with Crippen molar-refractivity contribution in [2.45, 2.75) is 45.1 Å². The largest absolute Gasteiger partial charge is 0.482 e. The molecule has 0 spiro atoms. The fourth-order valence-electron chi connectivity index (χ4n) is 3.79. The highest BCUT2D eigenvalue weighted by Gasteiger charge is 2.24. The lowest BCUT2D eigenvalue weighted by atomic mass is 9.90. The highest BCUT2D eigenvalue weighted by molar-refractivity contribution is 5.88. The van der Waals surface area contributed by atoms with Gasteiger partial charge >= 0.3 is 12.1 Å². The van der Waals surface area contributed by atoms with Crippen LogP contribution < -0.4 is 4.74 Å². The van der Waals surface area contributed by atoms with Gasteiger partial charge in [0.05, 0.1) is 0 Å². The van der Waals surface area contributed by atoms with E-state index in [9.17, 15) is 14.4 Å². The van der Waals surface area contributed by atoms with E-state index in [4.69, 9.17) is 14.6 Å². The normalized spacial score (nSPS) is 18.6. The first-order valence-corrected chi connectivity index (χ1v) is 11.4. The van der Waals surface area contributed by atoms with Crippen molar-refractivity contribution in [3.05, 3.63) is 65.9 Å². The molecule has 0 aliphatic carbocycles. The number of aliphatic carboxylic acids is 1. The van der Waals surface area contributed by atoms with Crippen LogP contribution in [-0.4, -0.2) is 64.7 Å². The number of ether oxygens (including phenoxy) is 2. The standard InChI is InChI=1S/C26H32N2O6/c1-26(2,3)34-25(32)27-15-12-19(13-16-27)6-11-23(29)28-14-4-5-21(17-28)20-7-9-22(10-8-20)33-18-24(30)31/h6-13,15,21H,4-5,14,16-18H2,1-3H3,(H,30,31)/b11-6+. The lowest BCUT2D eigenvalue weighted by Crippen LogP contribution is -2.38. The molecule has 0 radical (unpaired) electrons. The van der Waals surface area contributed by atoms with Crippen LogP contribution in [0.4, 0.5) is 4.79 Å². The second-order valence-electron chi connectivity index (χ2n) is 9.36. The van der Waals surface area contributed by atoms with E-state index in [0.29, 0.717) is 25.4 Å². The fraction of sp³-hybridized carbons (Fsp3) is 0.423. The Hall–Kier alpha value is -3.55. The van der Waals surface area contributed by atoms with Crippen molar-refractivity contribution in [1.82, 2.24) is 9.80 Å². The molecule has 8 heteroatoms. The van der Waals surface area contributed by atoms with Crippen molar-refractivity contribution in [3.8, 4) is 5.75 Å². The van der Waals surface area contributed by atoms with Crippen molar-refractivity contribution in [1.29, 1.82) is 0 Å². The van der Waals surface area contributed by atoms with Gasteiger partial charge in [0.15, 0.2) is 6.61 Å². The van der Waals surface area contributed by atoms with Crippen molar-refractivity contribution in [3.63, 3.8) is 0 Å². The summed E-state index contributed by atoms with van der Waals surface area (Å²) in [6.45, 7) is 6.82. The zero-order chi connectivity index (χ0) is 24.7. The van der Waals surface area contributed by atoms with Crippen molar-refractivity contribution >= 4 is 18.0 Å². The average Bonchev–Trinajstić information content (AvgIpc) is 2.81. The number of allylic oxidation sites excluding steroid dienone is 3. The van der Waals surface area contributed by atoms with E-state index in [1.165, 1.54) is 4.90 Å². The Labute approximate surface area is 200 Å². The first-order chi connectivity index (χ1) is 16.1. The lowest BCUT2D eigenvalue weighted by molar-refractivity contribution is -0.139. The van der Waals surface area contributed by atoms with E-state index < -0.39 is 17.7 Å². The first kappa shape index (κ1) is 25.1. The van der Waals surface area contributed by atoms with Crippen LogP contribution in [0.2, 0.25) is 0 Å². The third-order valence-corrected chi connectivity index (χ3v) is 5.46. The zero-order valence-corrected chi connectivity index (χ0v) is 19.9. The molecule has 34 heavy (non-hydrogen) atoms. The first-order valence-electron chi connectivity index (χ1n) is 11.4. The molecule has 0 aromatic heterocycles. The Balaban J connectivity index is 1.52. The molecule has 1 unspecified atom stereocenters. The van der Waals surface area contributed by atoms with Crippen LogP contribution in [-0.2, 0) is 14.3 Å². The van der Waals surface area contributed by atoms with Gasteiger partial charge in [-0.15, -0.1) is 0 Å². The van der Waals surface area contributed by atoms with Crippen LogP contribution in [0.25, 0.3) is 0 Å². The molecule has 2 amide bonds. The molecule has 1 aromatic rings. The summed E-state index contributed by atoms with van der Waals surface area (Å²) in [6, 6.07) is 7.39. The number of hydrogen-bond acceptors (Lipinski definition) is 5. The molecule has 1 saturated heterocycles. The number of carboxylic acids is 1. The van der Waals surface area contributed by atoms with Crippen molar-refractivity contribution in [2.75, 3.05) is 26.2 Å². The van der Waals surface area contributed by atoms with Gasteiger partial charge in [-0.2, -0.15) is 0 Å². The van der Waals surface area contributed by atoms with E-state index in [0.717, 1.165) is 24.0 Å². The van der Waals surface area contributed by atoms with Gasteiger partial charge in [-0.05, 0) is 69.0 Å². The zero-order valence-electron chi connectivity index (χ0n) is 19.9. The second kappa shape index (κ2) is 11.0. The van der Waals surface area contributed by atoms with Gasteiger partial charge in [0.25, 0.3) is 0 Å². The highest BCUT2D eigenvalue weighted by atomic mass is 16.6. The fourth-order valence-corrected chi connectivity index (χ4v) is 3.79. The molecule has 1 atom stereocenters. The van der Waals surface area contributed by atoms with Crippen LogP contribution in [0, 0.1) is 0 Å². The summed E-state index contributed by atoms with van der Waals surface area (Å²) in [6.07, 6.45) is 10.2. The molecule has 1 fully saturated rings. The maximum atomic E-state index is 12.8. The number of likely N-dealkylation sites (tertiary alicyclic amines) is 1. The summed E-state index contributed by atoms with van der Waals surface area (Å²) in [7, 11) is 0. The number of rotatable bonds is 6. The second-order valence-corrected chi connectivity index (χ2v) is 9.36. The monoisotopic (exact) mass is 468 g/mol. The summed E-state index contributed by atoms with van der Waals surface area (Å²) < 4.78 is 10.5. The number of benzene rings is 1. The van der Waals surface area contributed by atoms with Crippen LogP contribution in [0.3, 0.4) is 0 Å². The van der Waals surface area contributed by atoms with Gasteiger partial charge in [0.1, 0.15) is 11.4 Å². The molecule has 2 heterocycles. The van der Waals surface area contributed by atoms with Crippen LogP contribution >= 0.6 is 0 Å². The Morgan fingerprint density at radius 1 is 1.18 bits per heavy atom. The summed E-state index contributed by atoms with van der Waals surface area (Å²) >= 11 is 0. The summed E-state index contributed by atoms with van der Waals surface area (Å²) in [4.78, 5) is 38.9. The number of hydrogen-bond donors (Lipinski definition) is 1. The molecule has 2 aliphatic rings. The number of carboxylic acid groups (broad SMARTS) is 1. The number of amides is 2. The molecule has 0 saturated carbocycles. The van der Waals surface area contributed by atoms with Crippen LogP contribution in [0.5, 0.6) is 5.75 Å². The van der Waals surface area contributed by atoms with E-state index in [1.54, 1.807) is 36.6 Å². The topological polar surface area (TPSA) is 96.4 Å². The van der Waals surface area contributed by atoms with E-state index in [2.05, 4.69) is 0 Å². The van der Waals surface area contributed by atoms with Gasteiger partial charge in [-0.25, -0.2) is 9.59 Å². The molecule has 0 bridgehead atoms. The molecule has 1 aromatic carbocycles. The minimum atomic E-state index is -1.02. The maximum Gasteiger partial charge on any atom is 0.414 e.